The molecule has 1 N–H and O–H groups in total. The number of carboxylic acids is 1. The summed E-state index contributed by atoms with van der Waals surface area (Å²) in [7, 11) is 0. The number of hydrogen-bond acceptors (Lipinski definition) is 1. The number of hydrogen-bond donors (Lipinski definition) is 1. The van der Waals surface area contributed by atoms with Gasteiger partial charge in [-0.05, 0) is 47.1 Å². The van der Waals surface area contributed by atoms with Crippen molar-refractivity contribution >= 4 is 17.6 Å². The Balaban J connectivity index is 2.35. The van der Waals surface area contributed by atoms with E-state index in [1.165, 1.54) is 10.4 Å². The molecule has 2 aliphatic rings. The van der Waals surface area contributed by atoms with Gasteiger partial charge in [-0.2, -0.15) is 0 Å². The van der Waals surface area contributed by atoms with Crippen molar-refractivity contribution in [3.8, 4) is 0 Å². The lowest BCUT2D eigenvalue weighted by Gasteiger charge is -2.27. The van der Waals surface area contributed by atoms with E-state index in [1.54, 1.807) is 13.0 Å². The average molecular weight is 238 g/mol. The molecule has 0 saturated carbocycles. The highest BCUT2D eigenvalue weighted by molar-refractivity contribution is 5.94. The smallest absolute Gasteiger partial charge is 0.317 e. The molecule has 3 rings (SSSR count). The van der Waals surface area contributed by atoms with Crippen LogP contribution in [0.15, 0.2) is 47.6 Å². The Morgan fingerprint density at radius 1 is 1.22 bits per heavy atom. The fourth-order valence-corrected chi connectivity index (χ4v) is 2.62. The van der Waals surface area contributed by atoms with Gasteiger partial charge in [-0.3, -0.25) is 4.79 Å². The first-order valence-corrected chi connectivity index (χ1v) is 5.99. The van der Waals surface area contributed by atoms with Crippen LogP contribution in [0.25, 0.3) is 11.6 Å². The minimum atomic E-state index is -0.891. The van der Waals surface area contributed by atoms with Crippen molar-refractivity contribution in [3.05, 3.63) is 58.0 Å². The number of fused-ring (bicyclic) bond motifs is 2. The second-order valence-corrected chi connectivity index (χ2v) is 5.02. The Hall–Kier alpha value is -2.09. The van der Waals surface area contributed by atoms with E-state index < -0.39 is 11.4 Å². The average Bonchev–Trinajstić information content (AvgIpc) is 2.73. The summed E-state index contributed by atoms with van der Waals surface area (Å²) in [5.74, 6) is -0.799. The Bertz CT molecular complexity index is 735. The van der Waals surface area contributed by atoms with Crippen LogP contribution in [-0.4, -0.2) is 11.1 Å². The van der Waals surface area contributed by atoms with Gasteiger partial charge in [-0.25, -0.2) is 0 Å². The van der Waals surface area contributed by atoms with Crippen LogP contribution in [0.5, 0.6) is 0 Å². The molecule has 0 heterocycles. The van der Waals surface area contributed by atoms with Gasteiger partial charge in [0.05, 0.1) is 0 Å². The third kappa shape index (κ3) is 1.26. The second kappa shape index (κ2) is 3.45. The molecular formula is C16H14O2. The zero-order chi connectivity index (χ0) is 12.9. The van der Waals surface area contributed by atoms with E-state index in [0.29, 0.717) is 0 Å². The number of carbonyl (C=O) groups is 1. The largest absolute Gasteiger partial charge is 0.480 e. The summed E-state index contributed by atoms with van der Waals surface area (Å²) < 4.78 is 0. The molecule has 2 aliphatic carbocycles. The monoisotopic (exact) mass is 238 g/mol. The van der Waals surface area contributed by atoms with Crippen molar-refractivity contribution in [3.63, 3.8) is 0 Å². The molecule has 1 atom stereocenters. The molecule has 0 fully saturated rings. The molecule has 0 amide bonds. The van der Waals surface area contributed by atoms with Crippen molar-refractivity contribution in [1.29, 1.82) is 0 Å². The fourth-order valence-electron chi connectivity index (χ4n) is 2.62. The minimum absolute atomic E-state index is 0.799. The van der Waals surface area contributed by atoms with Gasteiger partial charge in [0.25, 0.3) is 0 Å². The summed E-state index contributed by atoms with van der Waals surface area (Å²) in [6.45, 7) is 3.66. The Kier molecular flexibility index (Phi) is 2.11. The minimum Gasteiger partial charge on any atom is -0.480 e. The summed E-state index contributed by atoms with van der Waals surface area (Å²) in [6.07, 6.45) is 5.82. The SMILES string of the molecule is CC1=C2C=c3ccccc3=C2C=CC1(C)C(=O)O. The summed E-state index contributed by atoms with van der Waals surface area (Å²) in [5, 5.41) is 11.8. The molecule has 0 aromatic heterocycles. The Morgan fingerprint density at radius 2 is 1.94 bits per heavy atom. The number of benzene rings is 1. The van der Waals surface area contributed by atoms with Crippen LogP contribution in [0.1, 0.15) is 13.8 Å². The first-order chi connectivity index (χ1) is 8.54. The van der Waals surface area contributed by atoms with Gasteiger partial charge < -0.3 is 5.11 Å². The summed E-state index contributed by atoms with van der Waals surface area (Å²) in [5.41, 5.74) is 2.21. The normalized spacial score (nSPS) is 24.7. The first kappa shape index (κ1) is 11.0. The van der Waals surface area contributed by atoms with Crippen molar-refractivity contribution in [2.24, 2.45) is 5.41 Å². The third-order valence-corrected chi connectivity index (χ3v) is 4.05. The molecule has 18 heavy (non-hydrogen) atoms. The van der Waals surface area contributed by atoms with E-state index >= 15 is 0 Å². The quantitative estimate of drug-likeness (QED) is 0.807. The Morgan fingerprint density at radius 3 is 2.67 bits per heavy atom. The molecule has 0 aliphatic heterocycles. The lowest BCUT2D eigenvalue weighted by molar-refractivity contribution is -0.143. The molecule has 1 unspecified atom stereocenters. The number of carboxylic acid groups (broad SMARTS) is 1. The van der Waals surface area contributed by atoms with Crippen LogP contribution >= 0.6 is 0 Å². The van der Waals surface area contributed by atoms with Gasteiger partial charge in [0.15, 0.2) is 0 Å². The van der Waals surface area contributed by atoms with E-state index in [1.807, 2.05) is 25.1 Å². The standard InChI is InChI=1S/C16H14O2/c1-10-14-9-11-5-3-4-6-12(11)13(14)7-8-16(10,2)15(17)18/h3-9H,1-2H3,(H,17,18). The van der Waals surface area contributed by atoms with Crippen LogP contribution in [0.2, 0.25) is 0 Å². The van der Waals surface area contributed by atoms with E-state index in [0.717, 1.165) is 16.7 Å². The third-order valence-electron chi connectivity index (χ3n) is 4.05. The highest BCUT2D eigenvalue weighted by Crippen LogP contribution is 2.39. The van der Waals surface area contributed by atoms with Gasteiger partial charge in [0.1, 0.15) is 5.41 Å². The predicted octanol–water partition coefficient (Wildman–Crippen LogP) is 1.61. The zero-order valence-corrected chi connectivity index (χ0v) is 10.4. The van der Waals surface area contributed by atoms with Gasteiger partial charge in [0.2, 0.25) is 0 Å². The van der Waals surface area contributed by atoms with E-state index in [4.69, 9.17) is 0 Å². The molecule has 2 nitrogen and oxygen atoms in total. The Labute approximate surface area is 105 Å². The first-order valence-electron chi connectivity index (χ1n) is 5.99. The molecular weight excluding hydrogens is 224 g/mol. The predicted molar refractivity (Wildman–Crippen MR) is 71.1 cm³/mol. The van der Waals surface area contributed by atoms with Gasteiger partial charge >= 0.3 is 5.97 Å². The van der Waals surface area contributed by atoms with Crippen LogP contribution in [0, 0.1) is 5.41 Å². The second-order valence-electron chi connectivity index (χ2n) is 5.02. The van der Waals surface area contributed by atoms with E-state index in [2.05, 4.69) is 18.2 Å². The molecule has 0 radical (unpaired) electrons. The maximum atomic E-state index is 11.4. The number of rotatable bonds is 1. The summed E-state index contributed by atoms with van der Waals surface area (Å²) >= 11 is 0. The lowest BCUT2D eigenvalue weighted by Crippen LogP contribution is -2.29. The summed E-state index contributed by atoms with van der Waals surface area (Å²) in [6, 6.07) is 8.15. The molecule has 2 heteroatoms. The highest BCUT2D eigenvalue weighted by Gasteiger charge is 2.37. The molecule has 90 valence electrons. The van der Waals surface area contributed by atoms with E-state index in [9.17, 15) is 9.90 Å². The molecule has 0 spiro atoms. The zero-order valence-electron chi connectivity index (χ0n) is 10.4. The fraction of sp³-hybridized carbons (Fsp3) is 0.188. The van der Waals surface area contributed by atoms with E-state index in [-0.39, 0.29) is 0 Å². The van der Waals surface area contributed by atoms with Crippen LogP contribution in [0.4, 0.5) is 0 Å². The van der Waals surface area contributed by atoms with Crippen molar-refractivity contribution in [2.45, 2.75) is 13.8 Å². The molecule has 0 bridgehead atoms. The maximum absolute atomic E-state index is 11.4. The van der Waals surface area contributed by atoms with Crippen molar-refractivity contribution in [1.82, 2.24) is 0 Å². The number of aliphatic carboxylic acids is 1. The van der Waals surface area contributed by atoms with Crippen molar-refractivity contribution in [2.75, 3.05) is 0 Å². The van der Waals surface area contributed by atoms with Gasteiger partial charge in [-0.15, -0.1) is 0 Å². The maximum Gasteiger partial charge on any atom is 0.317 e. The van der Waals surface area contributed by atoms with Crippen LogP contribution in [0.3, 0.4) is 0 Å². The molecule has 0 saturated heterocycles. The van der Waals surface area contributed by atoms with Crippen LogP contribution < -0.4 is 10.4 Å². The molecule has 1 aromatic rings. The topological polar surface area (TPSA) is 37.3 Å². The van der Waals surface area contributed by atoms with Gasteiger partial charge in [0, 0.05) is 0 Å². The highest BCUT2D eigenvalue weighted by atomic mass is 16.4. The lowest BCUT2D eigenvalue weighted by atomic mass is 9.75. The van der Waals surface area contributed by atoms with Crippen LogP contribution in [-0.2, 0) is 4.79 Å². The van der Waals surface area contributed by atoms with Crippen molar-refractivity contribution < 1.29 is 9.90 Å². The molecule has 1 aromatic carbocycles. The van der Waals surface area contributed by atoms with Gasteiger partial charge in [-0.1, -0.05) is 36.4 Å². The number of allylic oxidation sites excluding steroid dienone is 2. The summed E-state index contributed by atoms with van der Waals surface area (Å²) in [4.78, 5) is 11.4.